The zero-order valence-electron chi connectivity index (χ0n) is 10.8. The number of aromatic nitrogens is 4. The Balaban J connectivity index is 2.15. The Hall–Kier alpha value is -2.39. The Bertz CT molecular complexity index is 625. The molecule has 6 nitrogen and oxygen atoms in total. The van der Waals surface area contributed by atoms with Crippen LogP contribution in [-0.4, -0.2) is 31.9 Å². The standard InChI is InChI=1S/C13H14N4O2/c1-10-5-6-12(11(8-10)4-3-7-18)19-9-13-14-16-17(2)15-13/h5-6,8,18H,7,9H2,1-2H3. The van der Waals surface area contributed by atoms with Gasteiger partial charge in [0.05, 0.1) is 12.6 Å². The van der Waals surface area contributed by atoms with E-state index in [1.807, 2.05) is 25.1 Å². The molecule has 0 spiro atoms. The fourth-order valence-electron chi connectivity index (χ4n) is 1.53. The van der Waals surface area contributed by atoms with Gasteiger partial charge in [0, 0.05) is 0 Å². The molecule has 2 rings (SSSR count). The summed E-state index contributed by atoms with van der Waals surface area (Å²) in [4.78, 5) is 1.38. The van der Waals surface area contributed by atoms with Crippen LogP contribution in [0.25, 0.3) is 0 Å². The van der Waals surface area contributed by atoms with Gasteiger partial charge in [-0.2, -0.15) is 4.80 Å². The predicted octanol–water partition coefficient (Wildman–Crippen LogP) is 0.441. The van der Waals surface area contributed by atoms with Gasteiger partial charge in [-0.15, -0.1) is 10.2 Å². The number of ether oxygens (including phenoxy) is 1. The number of benzene rings is 1. The lowest BCUT2D eigenvalue weighted by molar-refractivity contribution is 0.294. The van der Waals surface area contributed by atoms with Crippen molar-refractivity contribution in [2.75, 3.05) is 6.61 Å². The van der Waals surface area contributed by atoms with Gasteiger partial charge in [0.15, 0.2) is 6.61 Å². The van der Waals surface area contributed by atoms with E-state index < -0.39 is 0 Å². The first-order chi connectivity index (χ1) is 9.19. The number of aliphatic hydroxyl groups excluding tert-OH is 1. The average Bonchev–Trinajstić information content (AvgIpc) is 2.81. The summed E-state index contributed by atoms with van der Waals surface area (Å²) in [5.41, 5.74) is 1.81. The van der Waals surface area contributed by atoms with E-state index in [0.29, 0.717) is 11.6 Å². The normalized spacial score (nSPS) is 9.84. The fourth-order valence-corrected chi connectivity index (χ4v) is 1.53. The molecule has 6 heteroatoms. The molecule has 98 valence electrons. The molecular weight excluding hydrogens is 244 g/mol. The Labute approximate surface area is 111 Å². The van der Waals surface area contributed by atoms with Crippen LogP contribution < -0.4 is 4.74 Å². The smallest absolute Gasteiger partial charge is 0.212 e. The van der Waals surface area contributed by atoms with Gasteiger partial charge in [0.1, 0.15) is 12.4 Å². The molecule has 0 aliphatic heterocycles. The summed E-state index contributed by atoms with van der Waals surface area (Å²) >= 11 is 0. The van der Waals surface area contributed by atoms with Crippen molar-refractivity contribution in [2.45, 2.75) is 13.5 Å². The van der Waals surface area contributed by atoms with E-state index in [1.54, 1.807) is 7.05 Å². The second kappa shape index (κ2) is 5.98. The molecule has 0 amide bonds. The maximum atomic E-state index is 8.75. The van der Waals surface area contributed by atoms with Gasteiger partial charge in [-0.3, -0.25) is 0 Å². The van der Waals surface area contributed by atoms with Gasteiger partial charge >= 0.3 is 0 Å². The van der Waals surface area contributed by atoms with Crippen molar-refractivity contribution in [3.8, 4) is 17.6 Å². The summed E-state index contributed by atoms with van der Waals surface area (Å²) in [6.07, 6.45) is 0. The van der Waals surface area contributed by atoms with Crippen LogP contribution in [0.4, 0.5) is 0 Å². The number of tetrazole rings is 1. The minimum absolute atomic E-state index is 0.181. The highest BCUT2D eigenvalue weighted by atomic mass is 16.5. The third kappa shape index (κ3) is 3.53. The molecule has 0 bridgehead atoms. The number of hydrogen-bond donors (Lipinski definition) is 1. The molecule has 0 aliphatic carbocycles. The third-order valence-electron chi connectivity index (χ3n) is 2.34. The minimum Gasteiger partial charge on any atom is -0.484 e. The highest BCUT2D eigenvalue weighted by Gasteiger charge is 2.05. The molecule has 0 atom stereocenters. The minimum atomic E-state index is -0.181. The lowest BCUT2D eigenvalue weighted by atomic mass is 10.1. The van der Waals surface area contributed by atoms with Crippen molar-refractivity contribution < 1.29 is 9.84 Å². The first-order valence-electron chi connectivity index (χ1n) is 5.75. The lowest BCUT2D eigenvalue weighted by Crippen LogP contribution is -2.00. The molecule has 19 heavy (non-hydrogen) atoms. The largest absolute Gasteiger partial charge is 0.484 e. The second-order valence-corrected chi connectivity index (χ2v) is 3.94. The Morgan fingerprint density at radius 3 is 2.95 bits per heavy atom. The Morgan fingerprint density at radius 2 is 2.26 bits per heavy atom. The highest BCUT2D eigenvalue weighted by molar-refractivity contribution is 5.48. The van der Waals surface area contributed by atoms with E-state index in [-0.39, 0.29) is 13.2 Å². The van der Waals surface area contributed by atoms with Crippen LogP contribution in [0.1, 0.15) is 17.0 Å². The molecule has 0 unspecified atom stereocenters. The van der Waals surface area contributed by atoms with E-state index in [4.69, 9.17) is 9.84 Å². The van der Waals surface area contributed by atoms with Crippen molar-refractivity contribution in [3.05, 3.63) is 35.2 Å². The number of nitrogens with zero attached hydrogens (tertiary/aromatic N) is 4. The van der Waals surface area contributed by atoms with Crippen molar-refractivity contribution in [3.63, 3.8) is 0 Å². The summed E-state index contributed by atoms with van der Waals surface area (Å²) in [7, 11) is 1.69. The van der Waals surface area contributed by atoms with E-state index in [1.165, 1.54) is 4.80 Å². The van der Waals surface area contributed by atoms with Crippen molar-refractivity contribution >= 4 is 0 Å². The van der Waals surface area contributed by atoms with Gasteiger partial charge < -0.3 is 9.84 Å². The molecule has 1 N–H and O–H groups in total. The van der Waals surface area contributed by atoms with Crippen LogP contribution in [0.2, 0.25) is 0 Å². The monoisotopic (exact) mass is 258 g/mol. The van der Waals surface area contributed by atoms with Gasteiger partial charge in [0.25, 0.3) is 0 Å². The number of aryl methyl sites for hydroxylation is 2. The van der Waals surface area contributed by atoms with Crippen molar-refractivity contribution in [1.29, 1.82) is 0 Å². The topological polar surface area (TPSA) is 73.1 Å². The second-order valence-electron chi connectivity index (χ2n) is 3.94. The van der Waals surface area contributed by atoms with Crippen molar-refractivity contribution in [1.82, 2.24) is 20.2 Å². The molecular formula is C13H14N4O2. The fraction of sp³-hybridized carbons (Fsp3) is 0.308. The number of hydrogen-bond acceptors (Lipinski definition) is 5. The van der Waals surface area contributed by atoms with Crippen LogP contribution in [0.15, 0.2) is 18.2 Å². The predicted molar refractivity (Wildman–Crippen MR) is 68.3 cm³/mol. The lowest BCUT2D eigenvalue weighted by Gasteiger charge is -2.06. The molecule has 0 saturated heterocycles. The molecule has 0 radical (unpaired) electrons. The SMILES string of the molecule is Cc1ccc(OCc2nnn(C)n2)c(C#CCO)c1. The summed E-state index contributed by atoms with van der Waals surface area (Å²) in [6.45, 7) is 2.02. The zero-order valence-corrected chi connectivity index (χ0v) is 10.8. The summed E-state index contributed by atoms with van der Waals surface area (Å²) in [5, 5.41) is 20.4. The first kappa shape index (κ1) is 13.1. The van der Waals surface area contributed by atoms with Crippen LogP contribution in [0, 0.1) is 18.8 Å². The van der Waals surface area contributed by atoms with E-state index in [0.717, 1.165) is 11.1 Å². The van der Waals surface area contributed by atoms with Crippen molar-refractivity contribution in [2.24, 2.45) is 7.05 Å². The third-order valence-corrected chi connectivity index (χ3v) is 2.34. The first-order valence-corrected chi connectivity index (χ1v) is 5.75. The van der Waals surface area contributed by atoms with E-state index in [2.05, 4.69) is 27.3 Å². The van der Waals surface area contributed by atoms with E-state index >= 15 is 0 Å². The molecule has 1 heterocycles. The molecule has 1 aromatic heterocycles. The van der Waals surface area contributed by atoms with Crippen LogP contribution in [0.5, 0.6) is 5.75 Å². The summed E-state index contributed by atoms with van der Waals surface area (Å²) in [6, 6.07) is 5.68. The summed E-state index contributed by atoms with van der Waals surface area (Å²) < 4.78 is 5.63. The molecule has 1 aromatic carbocycles. The number of aliphatic hydroxyl groups is 1. The van der Waals surface area contributed by atoms with Crippen LogP contribution in [0.3, 0.4) is 0 Å². The van der Waals surface area contributed by atoms with Gasteiger partial charge in [-0.05, 0) is 29.8 Å². The van der Waals surface area contributed by atoms with E-state index in [9.17, 15) is 0 Å². The zero-order chi connectivity index (χ0) is 13.7. The van der Waals surface area contributed by atoms with Crippen LogP contribution >= 0.6 is 0 Å². The quantitative estimate of drug-likeness (QED) is 0.809. The Kier molecular flexibility index (Phi) is 4.11. The Morgan fingerprint density at radius 1 is 1.42 bits per heavy atom. The molecule has 2 aromatic rings. The maximum absolute atomic E-state index is 8.75. The van der Waals surface area contributed by atoms with Gasteiger partial charge in [-0.25, -0.2) is 0 Å². The maximum Gasteiger partial charge on any atom is 0.212 e. The highest BCUT2D eigenvalue weighted by Crippen LogP contribution is 2.19. The molecule has 0 fully saturated rings. The summed E-state index contributed by atoms with van der Waals surface area (Å²) in [5.74, 6) is 6.61. The number of rotatable bonds is 3. The molecule has 0 saturated carbocycles. The average molecular weight is 258 g/mol. The van der Waals surface area contributed by atoms with Gasteiger partial charge in [0.2, 0.25) is 5.82 Å². The van der Waals surface area contributed by atoms with Crippen LogP contribution in [-0.2, 0) is 13.7 Å². The van der Waals surface area contributed by atoms with Gasteiger partial charge in [-0.1, -0.05) is 17.9 Å². The molecule has 0 aliphatic rings.